The molecule has 1 aromatic heterocycles. The fraction of sp³-hybridized carbons (Fsp3) is 0.615. The van der Waals surface area contributed by atoms with Crippen LogP contribution in [0.25, 0.3) is 0 Å². The summed E-state index contributed by atoms with van der Waals surface area (Å²) in [4.78, 5) is 6.57. The second-order valence-electron chi connectivity index (χ2n) is 4.74. The Morgan fingerprint density at radius 2 is 2.29 bits per heavy atom. The minimum atomic E-state index is 0.161. The molecule has 0 aliphatic carbocycles. The van der Waals surface area contributed by atoms with Crippen molar-refractivity contribution in [2.75, 3.05) is 23.8 Å². The Balaban J connectivity index is 2.31. The number of nitrogens with zero attached hydrogens (tertiary/aromatic N) is 2. The van der Waals surface area contributed by atoms with Gasteiger partial charge in [0.05, 0.1) is 18.3 Å². The molecule has 0 radical (unpaired) electrons. The van der Waals surface area contributed by atoms with Gasteiger partial charge in [-0.25, -0.2) is 4.98 Å². The Bertz CT molecular complexity index is 381. The Morgan fingerprint density at radius 3 is 3.06 bits per heavy atom. The minimum Gasteiger partial charge on any atom is -0.396 e. The lowest BCUT2D eigenvalue weighted by molar-refractivity contribution is 0.254. The molecule has 0 spiro atoms. The Kier molecular flexibility index (Phi) is 3.84. The van der Waals surface area contributed by atoms with E-state index in [0.29, 0.717) is 0 Å². The summed E-state index contributed by atoms with van der Waals surface area (Å²) in [5, 5.41) is 9.50. The average Bonchev–Trinajstić information content (AvgIpc) is 2.57. The van der Waals surface area contributed by atoms with Crippen molar-refractivity contribution < 1.29 is 5.11 Å². The Morgan fingerprint density at radius 1 is 1.47 bits per heavy atom. The first-order valence-electron chi connectivity index (χ1n) is 6.32. The highest BCUT2D eigenvalue weighted by atomic mass is 16.3. The van der Waals surface area contributed by atoms with Crippen molar-refractivity contribution in [3.8, 4) is 0 Å². The monoisotopic (exact) mass is 235 g/mol. The van der Waals surface area contributed by atoms with E-state index in [9.17, 15) is 5.11 Å². The highest BCUT2D eigenvalue weighted by Gasteiger charge is 2.23. The first-order valence-corrected chi connectivity index (χ1v) is 6.32. The molecule has 0 aromatic carbocycles. The van der Waals surface area contributed by atoms with Gasteiger partial charge in [-0.1, -0.05) is 12.8 Å². The molecule has 2 heterocycles. The summed E-state index contributed by atoms with van der Waals surface area (Å²) in [6.45, 7) is 3.10. The van der Waals surface area contributed by atoms with Gasteiger partial charge in [0, 0.05) is 12.7 Å². The minimum absolute atomic E-state index is 0.161. The van der Waals surface area contributed by atoms with Gasteiger partial charge < -0.3 is 15.7 Å². The molecular weight excluding hydrogens is 214 g/mol. The number of aliphatic hydroxyl groups is 1. The van der Waals surface area contributed by atoms with Crippen LogP contribution in [-0.2, 0) is 0 Å². The van der Waals surface area contributed by atoms with Gasteiger partial charge in [0.25, 0.3) is 0 Å². The van der Waals surface area contributed by atoms with Gasteiger partial charge in [-0.2, -0.15) is 0 Å². The van der Waals surface area contributed by atoms with Crippen molar-refractivity contribution >= 4 is 11.5 Å². The number of hydrogen-bond donors (Lipinski definition) is 2. The van der Waals surface area contributed by atoms with Gasteiger partial charge in [-0.15, -0.1) is 0 Å². The zero-order chi connectivity index (χ0) is 12.3. The molecule has 1 aliphatic heterocycles. The summed E-state index contributed by atoms with van der Waals surface area (Å²) in [7, 11) is 0. The van der Waals surface area contributed by atoms with Crippen molar-refractivity contribution in [1.82, 2.24) is 4.98 Å². The van der Waals surface area contributed by atoms with E-state index >= 15 is 0 Å². The highest BCUT2D eigenvalue weighted by molar-refractivity contribution is 5.66. The summed E-state index contributed by atoms with van der Waals surface area (Å²) in [5.41, 5.74) is 7.89. The van der Waals surface area contributed by atoms with Gasteiger partial charge in [-0.05, 0) is 31.4 Å². The summed E-state index contributed by atoms with van der Waals surface area (Å²) >= 11 is 0. The number of aryl methyl sites for hydroxylation is 1. The third-order valence-corrected chi connectivity index (χ3v) is 3.55. The van der Waals surface area contributed by atoms with Crippen LogP contribution < -0.4 is 10.6 Å². The van der Waals surface area contributed by atoms with E-state index in [0.717, 1.165) is 36.5 Å². The number of hydrogen-bond acceptors (Lipinski definition) is 4. The molecule has 1 saturated heterocycles. The SMILES string of the molecule is Cc1ccnc(N2CCCCCC2CO)c1N. The Labute approximate surface area is 102 Å². The van der Waals surface area contributed by atoms with E-state index in [-0.39, 0.29) is 12.6 Å². The number of pyridine rings is 1. The largest absolute Gasteiger partial charge is 0.396 e. The molecule has 4 nitrogen and oxygen atoms in total. The lowest BCUT2D eigenvalue weighted by Gasteiger charge is -2.30. The topological polar surface area (TPSA) is 62.4 Å². The number of anilines is 2. The van der Waals surface area contributed by atoms with Crippen LogP contribution in [0.1, 0.15) is 31.2 Å². The van der Waals surface area contributed by atoms with E-state index in [4.69, 9.17) is 5.73 Å². The second kappa shape index (κ2) is 5.36. The summed E-state index contributed by atoms with van der Waals surface area (Å²) in [6, 6.07) is 2.08. The van der Waals surface area contributed by atoms with Crippen LogP contribution in [0.3, 0.4) is 0 Å². The molecule has 94 valence electrons. The molecule has 0 amide bonds. The third-order valence-electron chi connectivity index (χ3n) is 3.55. The van der Waals surface area contributed by atoms with Gasteiger partial charge in [-0.3, -0.25) is 0 Å². The summed E-state index contributed by atoms with van der Waals surface area (Å²) in [6.07, 6.45) is 6.35. The molecule has 1 fully saturated rings. The maximum atomic E-state index is 9.50. The average molecular weight is 235 g/mol. The van der Waals surface area contributed by atoms with Gasteiger partial charge in [0.1, 0.15) is 0 Å². The number of nitrogens with two attached hydrogens (primary N) is 1. The smallest absolute Gasteiger partial charge is 0.152 e. The molecule has 1 atom stereocenters. The normalized spacial score (nSPS) is 21.3. The van der Waals surface area contributed by atoms with Gasteiger partial charge >= 0.3 is 0 Å². The summed E-state index contributed by atoms with van der Waals surface area (Å²) < 4.78 is 0. The number of rotatable bonds is 2. The van der Waals surface area contributed by atoms with E-state index in [1.165, 1.54) is 12.8 Å². The quantitative estimate of drug-likeness (QED) is 0.819. The summed E-state index contributed by atoms with van der Waals surface area (Å²) in [5.74, 6) is 0.839. The van der Waals surface area contributed by atoms with Crippen molar-refractivity contribution in [1.29, 1.82) is 0 Å². The van der Waals surface area contributed by atoms with Crippen molar-refractivity contribution in [2.24, 2.45) is 0 Å². The fourth-order valence-electron chi connectivity index (χ4n) is 2.43. The lowest BCUT2D eigenvalue weighted by Crippen LogP contribution is -2.38. The van der Waals surface area contributed by atoms with Crippen LogP contribution in [0.5, 0.6) is 0 Å². The molecular formula is C13H21N3O. The van der Waals surface area contributed by atoms with Crippen molar-refractivity contribution in [2.45, 2.75) is 38.6 Å². The van der Waals surface area contributed by atoms with Crippen LogP contribution in [0, 0.1) is 6.92 Å². The molecule has 0 saturated carbocycles. The fourth-order valence-corrected chi connectivity index (χ4v) is 2.43. The number of aromatic nitrogens is 1. The highest BCUT2D eigenvalue weighted by Crippen LogP contribution is 2.28. The van der Waals surface area contributed by atoms with Crippen LogP contribution >= 0.6 is 0 Å². The van der Waals surface area contributed by atoms with Crippen molar-refractivity contribution in [3.63, 3.8) is 0 Å². The molecule has 1 aliphatic rings. The molecule has 17 heavy (non-hydrogen) atoms. The van der Waals surface area contributed by atoms with E-state index in [1.807, 2.05) is 13.0 Å². The predicted molar refractivity (Wildman–Crippen MR) is 70.1 cm³/mol. The number of aliphatic hydroxyl groups excluding tert-OH is 1. The first-order chi connectivity index (χ1) is 8.24. The van der Waals surface area contributed by atoms with Crippen LogP contribution in [0.4, 0.5) is 11.5 Å². The first kappa shape index (κ1) is 12.2. The van der Waals surface area contributed by atoms with Crippen molar-refractivity contribution in [3.05, 3.63) is 17.8 Å². The van der Waals surface area contributed by atoms with E-state index in [1.54, 1.807) is 6.20 Å². The zero-order valence-corrected chi connectivity index (χ0v) is 10.4. The molecule has 3 N–H and O–H groups in total. The second-order valence-corrected chi connectivity index (χ2v) is 4.74. The van der Waals surface area contributed by atoms with Gasteiger partial charge in [0.15, 0.2) is 5.82 Å². The molecule has 4 heteroatoms. The maximum absolute atomic E-state index is 9.50. The zero-order valence-electron chi connectivity index (χ0n) is 10.4. The van der Waals surface area contributed by atoms with Crippen LogP contribution in [-0.4, -0.2) is 29.3 Å². The lowest BCUT2D eigenvalue weighted by atomic mass is 10.1. The standard InChI is InChI=1S/C13H21N3O/c1-10-6-7-15-13(12(10)14)16-8-4-2-3-5-11(16)9-17/h6-7,11,17H,2-5,8-9,14H2,1H3. The molecule has 2 rings (SSSR count). The molecule has 1 aromatic rings. The van der Waals surface area contributed by atoms with Gasteiger partial charge in [0.2, 0.25) is 0 Å². The van der Waals surface area contributed by atoms with Crippen LogP contribution in [0.2, 0.25) is 0 Å². The van der Waals surface area contributed by atoms with E-state index < -0.39 is 0 Å². The third kappa shape index (κ3) is 2.52. The van der Waals surface area contributed by atoms with Crippen LogP contribution in [0.15, 0.2) is 12.3 Å². The molecule has 0 bridgehead atoms. The predicted octanol–water partition coefficient (Wildman–Crippen LogP) is 1.71. The maximum Gasteiger partial charge on any atom is 0.152 e. The van der Waals surface area contributed by atoms with E-state index in [2.05, 4.69) is 9.88 Å². The Hall–Kier alpha value is -1.29. The number of nitrogen functional groups attached to an aromatic ring is 1. The molecule has 1 unspecified atom stereocenters.